The summed E-state index contributed by atoms with van der Waals surface area (Å²) >= 11 is 0. The lowest BCUT2D eigenvalue weighted by atomic mass is 10.0. The van der Waals surface area contributed by atoms with Gasteiger partial charge >= 0.3 is 6.18 Å². The number of alkyl halides is 3. The third kappa shape index (κ3) is 4.84. The van der Waals surface area contributed by atoms with Crippen LogP contribution in [0.25, 0.3) is 0 Å². The van der Waals surface area contributed by atoms with E-state index in [0.717, 1.165) is 12.1 Å². The maximum Gasteiger partial charge on any atom is 0.416 e. The highest BCUT2D eigenvalue weighted by atomic mass is 19.4. The van der Waals surface area contributed by atoms with Gasteiger partial charge in [0.2, 0.25) is 5.88 Å². The lowest BCUT2D eigenvalue weighted by Gasteiger charge is -2.36. The molecular weight excluding hydrogens is 418 g/mol. The molecule has 0 saturated carbocycles. The molecule has 0 spiro atoms. The Labute approximate surface area is 177 Å². The van der Waals surface area contributed by atoms with Crippen LogP contribution in [0.4, 0.5) is 17.6 Å². The van der Waals surface area contributed by atoms with Crippen LogP contribution in [0.2, 0.25) is 0 Å². The van der Waals surface area contributed by atoms with Gasteiger partial charge in [-0.2, -0.15) is 13.2 Å². The third-order valence-electron chi connectivity index (χ3n) is 5.48. The molecular formula is C21H23F4N3O3. The minimum atomic E-state index is -4.45. The molecule has 168 valence electrons. The van der Waals surface area contributed by atoms with Crippen molar-refractivity contribution >= 4 is 0 Å². The smallest absolute Gasteiger partial charge is 0.416 e. The van der Waals surface area contributed by atoms with Gasteiger partial charge in [0.15, 0.2) is 5.75 Å². The zero-order valence-corrected chi connectivity index (χ0v) is 17.2. The van der Waals surface area contributed by atoms with Crippen molar-refractivity contribution in [2.75, 3.05) is 26.3 Å². The van der Waals surface area contributed by atoms with Crippen LogP contribution in [-0.4, -0.2) is 47.3 Å². The number of likely N-dealkylation sites (tertiary alicyclic amines) is 1. The van der Waals surface area contributed by atoms with E-state index in [0.29, 0.717) is 50.8 Å². The summed E-state index contributed by atoms with van der Waals surface area (Å²) in [5.41, 5.74) is -0.254. The first-order valence-electron chi connectivity index (χ1n) is 10.1. The van der Waals surface area contributed by atoms with Crippen LogP contribution in [0.5, 0.6) is 17.5 Å². The highest BCUT2D eigenvalue weighted by Crippen LogP contribution is 2.35. The Morgan fingerprint density at radius 3 is 2.52 bits per heavy atom. The molecule has 4 rings (SSSR count). The van der Waals surface area contributed by atoms with Gasteiger partial charge in [0.1, 0.15) is 25.1 Å². The summed E-state index contributed by atoms with van der Waals surface area (Å²) in [4.78, 5) is 10.4. The Morgan fingerprint density at radius 2 is 1.81 bits per heavy atom. The Balaban J connectivity index is 1.40. The first-order valence-corrected chi connectivity index (χ1v) is 10.1. The summed E-state index contributed by atoms with van der Waals surface area (Å²) in [6.07, 6.45) is -3.57. The number of ether oxygens (including phenoxy) is 3. The van der Waals surface area contributed by atoms with Gasteiger partial charge in [-0.05, 0) is 32.8 Å². The molecule has 1 unspecified atom stereocenters. The number of aryl methyl sites for hydroxylation is 1. The summed E-state index contributed by atoms with van der Waals surface area (Å²) in [6.45, 7) is 5.25. The van der Waals surface area contributed by atoms with Crippen molar-refractivity contribution < 1.29 is 31.8 Å². The molecule has 2 aliphatic rings. The fourth-order valence-electron chi connectivity index (χ4n) is 3.85. The molecule has 31 heavy (non-hydrogen) atoms. The number of piperidine rings is 1. The maximum absolute atomic E-state index is 14.6. The van der Waals surface area contributed by atoms with Crippen LogP contribution in [-0.2, 0) is 6.18 Å². The molecule has 2 aliphatic heterocycles. The van der Waals surface area contributed by atoms with E-state index in [1.54, 1.807) is 0 Å². The van der Waals surface area contributed by atoms with E-state index in [4.69, 9.17) is 14.2 Å². The van der Waals surface area contributed by atoms with Gasteiger partial charge < -0.3 is 14.2 Å². The fourth-order valence-corrected chi connectivity index (χ4v) is 3.85. The normalized spacial score (nSPS) is 18.6. The summed E-state index contributed by atoms with van der Waals surface area (Å²) in [5.74, 6) is 0.103. The molecule has 0 amide bonds. The van der Waals surface area contributed by atoms with E-state index < -0.39 is 17.6 Å². The first-order chi connectivity index (χ1) is 14.7. The minimum absolute atomic E-state index is 0.0293. The van der Waals surface area contributed by atoms with Gasteiger partial charge in [-0.25, -0.2) is 14.4 Å². The quantitative estimate of drug-likeness (QED) is 0.659. The maximum atomic E-state index is 14.6. The van der Waals surface area contributed by atoms with Crippen LogP contribution < -0.4 is 14.2 Å². The summed E-state index contributed by atoms with van der Waals surface area (Å²) in [6, 6.07) is 2.92. The van der Waals surface area contributed by atoms with E-state index in [1.807, 2.05) is 6.92 Å². The lowest BCUT2D eigenvalue weighted by molar-refractivity contribution is -0.137. The second-order valence-corrected chi connectivity index (χ2v) is 7.72. The highest BCUT2D eigenvalue weighted by Gasteiger charge is 2.33. The number of hydrogen-bond acceptors (Lipinski definition) is 6. The van der Waals surface area contributed by atoms with Crippen molar-refractivity contribution in [2.24, 2.45) is 0 Å². The molecule has 4 heterocycles. The van der Waals surface area contributed by atoms with Gasteiger partial charge in [0.25, 0.3) is 5.88 Å². The van der Waals surface area contributed by atoms with E-state index in [1.165, 1.54) is 13.0 Å². The molecule has 0 aromatic carbocycles. The van der Waals surface area contributed by atoms with Gasteiger partial charge in [-0.15, -0.1) is 0 Å². The van der Waals surface area contributed by atoms with Crippen molar-refractivity contribution in [1.29, 1.82) is 0 Å². The van der Waals surface area contributed by atoms with Crippen LogP contribution in [0.3, 0.4) is 0 Å². The van der Waals surface area contributed by atoms with Gasteiger partial charge in [-0.1, -0.05) is 0 Å². The Morgan fingerprint density at radius 1 is 1.10 bits per heavy atom. The van der Waals surface area contributed by atoms with Crippen LogP contribution in [0.1, 0.15) is 42.8 Å². The number of nitrogens with zero attached hydrogens (tertiary/aromatic N) is 3. The van der Waals surface area contributed by atoms with Crippen LogP contribution >= 0.6 is 0 Å². The zero-order valence-electron chi connectivity index (χ0n) is 17.2. The fraction of sp³-hybridized carbons (Fsp3) is 0.524. The number of aromatic nitrogens is 2. The van der Waals surface area contributed by atoms with Crippen molar-refractivity contribution in [2.45, 2.75) is 45.0 Å². The van der Waals surface area contributed by atoms with Crippen molar-refractivity contribution in [1.82, 2.24) is 14.9 Å². The number of rotatable bonds is 4. The second-order valence-electron chi connectivity index (χ2n) is 7.72. The molecule has 10 heteroatoms. The van der Waals surface area contributed by atoms with E-state index >= 15 is 0 Å². The molecule has 0 radical (unpaired) electrons. The first kappa shape index (κ1) is 21.6. The standard InChI is InChI=1S/C21H23F4N3O3/c1-12-9-14(21(23,24)25)10-18(26-12)31-15-3-5-28(6-4-15)13(2)19-16(22)11-17-20(27-19)30-8-7-29-17/h9-11,13,15H,3-8H2,1-2H3. The average molecular weight is 441 g/mol. The second kappa shape index (κ2) is 8.49. The monoisotopic (exact) mass is 441 g/mol. The summed E-state index contributed by atoms with van der Waals surface area (Å²) in [5, 5.41) is 0. The number of pyridine rings is 2. The van der Waals surface area contributed by atoms with Crippen LogP contribution in [0, 0.1) is 12.7 Å². The van der Waals surface area contributed by atoms with Crippen molar-refractivity contribution in [3.8, 4) is 17.5 Å². The molecule has 2 aromatic heterocycles. The molecule has 1 atom stereocenters. The molecule has 0 bridgehead atoms. The summed E-state index contributed by atoms with van der Waals surface area (Å²) in [7, 11) is 0. The van der Waals surface area contributed by atoms with E-state index in [9.17, 15) is 17.6 Å². The molecule has 0 N–H and O–H groups in total. The topological polar surface area (TPSA) is 56.7 Å². The molecule has 1 saturated heterocycles. The summed E-state index contributed by atoms with van der Waals surface area (Å²) < 4.78 is 70.2. The van der Waals surface area contributed by atoms with E-state index in [-0.39, 0.29) is 29.4 Å². The van der Waals surface area contributed by atoms with Gasteiger partial charge in [-0.3, -0.25) is 4.90 Å². The van der Waals surface area contributed by atoms with E-state index in [2.05, 4.69) is 14.9 Å². The molecule has 2 aromatic rings. The predicted molar refractivity (Wildman–Crippen MR) is 103 cm³/mol. The van der Waals surface area contributed by atoms with Crippen molar-refractivity contribution in [3.63, 3.8) is 0 Å². The minimum Gasteiger partial charge on any atom is -0.484 e. The molecule has 0 aliphatic carbocycles. The number of hydrogen-bond donors (Lipinski definition) is 0. The number of fused-ring (bicyclic) bond motifs is 1. The molecule has 6 nitrogen and oxygen atoms in total. The largest absolute Gasteiger partial charge is 0.484 e. The Hall–Kier alpha value is -2.62. The zero-order chi connectivity index (χ0) is 22.2. The highest BCUT2D eigenvalue weighted by molar-refractivity contribution is 5.37. The number of halogens is 4. The molecule has 1 fully saturated rings. The van der Waals surface area contributed by atoms with Crippen LogP contribution in [0.15, 0.2) is 18.2 Å². The Kier molecular flexibility index (Phi) is 5.92. The van der Waals surface area contributed by atoms with Gasteiger partial charge in [0.05, 0.1) is 17.3 Å². The Bertz CT molecular complexity index is 946. The third-order valence-corrected chi connectivity index (χ3v) is 5.48. The average Bonchev–Trinajstić information content (AvgIpc) is 2.72. The van der Waals surface area contributed by atoms with Crippen molar-refractivity contribution in [3.05, 3.63) is 41.0 Å². The lowest BCUT2D eigenvalue weighted by Crippen LogP contribution is -2.40. The SMILES string of the molecule is Cc1cc(C(F)(F)F)cc(OC2CCN(C(C)c3nc4c(cc3F)OCCO4)CC2)n1. The van der Waals surface area contributed by atoms with Gasteiger partial charge in [0, 0.05) is 30.9 Å². The predicted octanol–water partition coefficient (Wildman–Crippen LogP) is 4.32.